The van der Waals surface area contributed by atoms with Gasteiger partial charge in [-0.1, -0.05) is 0 Å². The molecule has 0 aliphatic heterocycles. The minimum atomic E-state index is -4.53. The maximum Gasteiger partial charge on any atom is 0.435 e. The Bertz CT molecular complexity index is 1160. The molecule has 30 heavy (non-hydrogen) atoms. The first kappa shape index (κ1) is 19.6. The van der Waals surface area contributed by atoms with Crippen molar-refractivity contribution in [3.05, 3.63) is 59.2 Å². The third-order valence-electron chi connectivity index (χ3n) is 4.94. The molecule has 0 bridgehead atoms. The number of nitrogen functional groups attached to an aromatic ring is 1. The number of benzene rings is 1. The second kappa shape index (κ2) is 6.95. The summed E-state index contributed by atoms with van der Waals surface area (Å²) >= 11 is 0. The van der Waals surface area contributed by atoms with E-state index in [2.05, 4.69) is 5.10 Å². The number of nitrogens with zero attached hydrogens (tertiary/aromatic N) is 4. The van der Waals surface area contributed by atoms with Crippen LogP contribution < -0.4 is 5.73 Å². The summed E-state index contributed by atoms with van der Waals surface area (Å²) in [7, 11) is 1.20. The van der Waals surface area contributed by atoms with E-state index in [1.165, 1.54) is 22.6 Å². The van der Waals surface area contributed by atoms with Crippen LogP contribution in [0.5, 0.6) is 0 Å². The van der Waals surface area contributed by atoms with Crippen LogP contribution in [0, 0.1) is 11.3 Å². The number of carbonyl (C=O) groups excluding carboxylic acids is 1. The third-order valence-corrected chi connectivity index (χ3v) is 4.94. The van der Waals surface area contributed by atoms with Crippen LogP contribution in [-0.4, -0.2) is 27.4 Å². The lowest BCUT2D eigenvalue weighted by Crippen LogP contribution is -2.11. The Morgan fingerprint density at radius 1 is 1.27 bits per heavy atom. The van der Waals surface area contributed by atoms with Crippen molar-refractivity contribution in [3.8, 4) is 17.4 Å². The highest BCUT2D eigenvalue weighted by Gasteiger charge is 2.38. The van der Waals surface area contributed by atoms with E-state index in [1.54, 1.807) is 24.3 Å². The Kier molecular flexibility index (Phi) is 4.53. The number of halogens is 3. The third kappa shape index (κ3) is 3.28. The summed E-state index contributed by atoms with van der Waals surface area (Å²) in [4.78, 5) is 12.1. The summed E-state index contributed by atoms with van der Waals surface area (Å²) in [5, 5.41) is 13.0. The van der Waals surface area contributed by atoms with Gasteiger partial charge in [-0.2, -0.15) is 23.5 Å². The van der Waals surface area contributed by atoms with E-state index in [1.807, 2.05) is 6.07 Å². The number of hydrogen-bond donors (Lipinski definition) is 1. The molecule has 2 N–H and O–H groups in total. The van der Waals surface area contributed by atoms with E-state index in [4.69, 9.17) is 10.5 Å². The molecule has 1 aromatic carbocycles. The van der Waals surface area contributed by atoms with Gasteiger partial charge in [0.05, 0.1) is 24.0 Å². The van der Waals surface area contributed by atoms with Crippen molar-refractivity contribution in [3.63, 3.8) is 0 Å². The molecule has 0 amide bonds. The molecule has 0 unspecified atom stereocenters. The zero-order valence-corrected chi connectivity index (χ0v) is 15.8. The molecule has 0 saturated heterocycles. The summed E-state index contributed by atoms with van der Waals surface area (Å²) in [5.74, 6) is -0.655. The highest BCUT2D eigenvalue weighted by Crippen LogP contribution is 2.43. The standard InChI is InChI=1S/C20H16F3N5O2/c1-30-19(29)18-17(25)12(9-24)10-27(18)13-4-6-14(7-5-13)28-15(11-2-3-11)8-16(26-28)20(21,22)23/h4-8,10-11H,2-3,25H2,1H3. The summed E-state index contributed by atoms with van der Waals surface area (Å²) in [6.07, 6.45) is -1.48. The lowest BCUT2D eigenvalue weighted by molar-refractivity contribution is -0.141. The van der Waals surface area contributed by atoms with Crippen LogP contribution in [-0.2, 0) is 10.9 Å². The van der Waals surface area contributed by atoms with Gasteiger partial charge in [-0.25, -0.2) is 9.48 Å². The lowest BCUT2D eigenvalue weighted by atomic mass is 10.2. The normalized spacial score (nSPS) is 13.8. The van der Waals surface area contributed by atoms with Gasteiger partial charge in [0.15, 0.2) is 11.4 Å². The molecule has 154 valence electrons. The molecule has 0 atom stereocenters. The van der Waals surface area contributed by atoms with Crippen molar-refractivity contribution in [2.75, 3.05) is 12.8 Å². The van der Waals surface area contributed by atoms with Crippen LogP contribution in [0.25, 0.3) is 11.4 Å². The lowest BCUT2D eigenvalue weighted by Gasteiger charge is -2.11. The number of hydrogen-bond acceptors (Lipinski definition) is 5. The first-order valence-corrected chi connectivity index (χ1v) is 9.01. The minimum absolute atomic E-state index is 0.00100. The van der Waals surface area contributed by atoms with Gasteiger partial charge in [-0.05, 0) is 43.2 Å². The van der Waals surface area contributed by atoms with Crippen molar-refractivity contribution in [1.82, 2.24) is 14.3 Å². The highest BCUT2D eigenvalue weighted by atomic mass is 19.4. The van der Waals surface area contributed by atoms with E-state index in [0.29, 0.717) is 17.1 Å². The maximum absolute atomic E-state index is 13.1. The minimum Gasteiger partial charge on any atom is -0.464 e. The van der Waals surface area contributed by atoms with Crippen LogP contribution in [0.4, 0.5) is 18.9 Å². The number of carbonyl (C=O) groups is 1. The average molecular weight is 415 g/mol. The van der Waals surface area contributed by atoms with E-state index < -0.39 is 17.8 Å². The van der Waals surface area contributed by atoms with Gasteiger partial charge in [0.25, 0.3) is 0 Å². The van der Waals surface area contributed by atoms with Gasteiger partial charge in [0.2, 0.25) is 0 Å². The molecule has 10 heteroatoms. The molecule has 1 fully saturated rings. The van der Waals surface area contributed by atoms with Crippen LogP contribution in [0.2, 0.25) is 0 Å². The summed E-state index contributed by atoms with van der Waals surface area (Å²) in [6, 6.07) is 9.40. The Balaban J connectivity index is 1.76. The van der Waals surface area contributed by atoms with Gasteiger partial charge in [0, 0.05) is 23.5 Å². The number of nitrogens with two attached hydrogens (primary N) is 1. The zero-order valence-electron chi connectivity index (χ0n) is 15.8. The van der Waals surface area contributed by atoms with Crippen LogP contribution in [0.1, 0.15) is 46.2 Å². The number of methoxy groups -OCH3 is 1. The van der Waals surface area contributed by atoms with E-state index in [0.717, 1.165) is 18.9 Å². The van der Waals surface area contributed by atoms with Crippen molar-refractivity contribution in [2.45, 2.75) is 24.9 Å². The SMILES string of the molecule is COC(=O)c1c(N)c(C#N)cn1-c1ccc(-n2nc(C(F)(F)F)cc2C2CC2)cc1. The number of ether oxygens (including phenoxy) is 1. The molecule has 3 aromatic rings. The number of rotatable bonds is 4. The first-order chi connectivity index (χ1) is 14.2. The maximum atomic E-state index is 13.1. The molecule has 2 aromatic heterocycles. The molecule has 4 rings (SSSR count). The second-order valence-corrected chi connectivity index (χ2v) is 6.93. The Morgan fingerprint density at radius 3 is 2.43 bits per heavy atom. The quantitative estimate of drug-likeness (QED) is 0.654. The van der Waals surface area contributed by atoms with Gasteiger partial charge in [-0.3, -0.25) is 0 Å². The molecular formula is C20H16F3N5O2. The fourth-order valence-corrected chi connectivity index (χ4v) is 3.28. The second-order valence-electron chi connectivity index (χ2n) is 6.93. The largest absolute Gasteiger partial charge is 0.464 e. The fraction of sp³-hybridized carbons (Fsp3) is 0.250. The van der Waals surface area contributed by atoms with Gasteiger partial charge < -0.3 is 15.0 Å². The number of esters is 1. The number of aromatic nitrogens is 3. The van der Waals surface area contributed by atoms with Crippen LogP contribution in [0.15, 0.2) is 36.5 Å². The summed E-state index contributed by atoms with van der Waals surface area (Å²) in [5.41, 5.74) is 6.52. The van der Waals surface area contributed by atoms with Gasteiger partial charge in [0.1, 0.15) is 6.07 Å². The number of alkyl halides is 3. The molecule has 2 heterocycles. The Hall–Kier alpha value is -3.74. The van der Waals surface area contributed by atoms with Crippen LogP contribution >= 0.6 is 0 Å². The predicted octanol–water partition coefficient (Wildman–Crippen LogP) is 3.80. The number of nitriles is 1. The molecule has 0 radical (unpaired) electrons. The topological polar surface area (TPSA) is 98.9 Å². The van der Waals surface area contributed by atoms with E-state index >= 15 is 0 Å². The Morgan fingerprint density at radius 2 is 1.90 bits per heavy atom. The van der Waals surface area contributed by atoms with Crippen molar-refractivity contribution < 1.29 is 22.7 Å². The monoisotopic (exact) mass is 415 g/mol. The van der Waals surface area contributed by atoms with E-state index in [-0.39, 0.29) is 22.9 Å². The van der Waals surface area contributed by atoms with E-state index in [9.17, 15) is 23.2 Å². The smallest absolute Gasteiger partial charge is 0.435 e. The van der Waals surface area contributed by atoms with Crippen molar-refractivity contribution in [1.29, 1.82) is 5.26 Å². The summed E-state index contributed by atoms with van der Waals surface area (Å²) in [6.45, 7) is 0. The highest BCUT2D eigenvalue weighted by molar-refractivity contribution is 5.95. The average Bonchev–Trinajstić information content (AvgIpc) is 3.37. The predicted molar refractivity (Wildman–Crippen MR) is 100 cm³/mol. The molecule has 0 spiro atoms. The van der Waals surface area contributed by atoms with Crippen LogP contribution in [0.3, 0.4) is 0 Å². The summed E-state index contributed by atoms with van der Waals surface area (Å²) < 4.78 is 46.9. The molecule has 1 aliphatic carbocycles. The van der Waals surface area contributed by atoms with Crippen molar-refractivity contribution >= 4 is 11.7 Å². The fourth-order valence-electron chi connectivity index (χ4n) is 3.28. The first-order valence-electron chi connectivity index (χ1n) is 9.01. The molecular weight excluding hydrogens is 399 g/mol. The van der Waals surface area contributed by atoms with Gasteiger partial charge in [-0.15, -0.1) is 0 Å². The molecule has 1 saturated carbocycles. The van der Waals surface area contributed by atoms with Crippen molar-refractivity contribution in [2.24, 2.45) is 0 Å². The zero-order chi connectivity index (χ0) is 21.6. The Labute approximate surface area is 169 Å². The number of anilines is 1. The molecule has 7 nitrogen and oxygen atoms in total. The molecule has 1 aliphatic rings. The van der Waals surface area contributed by atoms with Gasteiger partial charge >= 0.3 is 12.1 Å².